The Morgan fingerprint density at radius 2 is 2.00 bits per heavy atom. The van der Waals surface area contributed by atoms with Crippen LogP contribution in [-0.4, -0.2) is 56.1 Å². The summed E-state index contributed by atoms with van der Waals surface area (Å²) in [5.41, 5.74) is 4.27. The first-order valence-corrected chi connectivity index (χ1v) is 10.2. The van der Waals surface area contributed by atoms with E-state index in [0.29, 0.717) is 31.3 Å². The van der Waals surface area contributed by atoms with E-state index in [9.17, 15) is 4.39 Å². The lowest BCUT2D eigenvalue weighted by atomic mass is 10.1. The molecule has 1 aliphatic rings. The molecule has 10 heteroatoms. The molecule has 0 spiro atoms. The molecule has 4 aromatic rings. The van der Waals surface area contributed by atoms with Crippen molar-refractivity contribution in [1.82, 2.24) is 29.8 Å². The Balaban J connectivity index is 1.60. The third-order valence-corrected chi connectivity index (χ3v) is 5.31. The van der Waals surface area contributed by atoms with Gasteiger partial charge in [0, 0.05) is 48.6 Å². The van der Waals surface area contributed by atoms with Gasteiger partial charge in [0.15, 0.2) is 11.5 Å². The van der Waals surface area contributed by atoms with Gasteiger partial charge in [0.25, 0.3) is 0 Å². The highest BCUT2D eigenvalue weighted by atomic mass is 19.1. The van der Waals surface area contributed by atoms with Crippen LogP contribution in [0.1, 0.15) is 22.6 Å². The number of hydrogen-bond donors (Lipinski definition) is 2. The number of nitrogens with zero attached hydrogens (tertiary/aromatic N) is 6. The van der Waals surface area contributed by atoms with Crippen LogP contribution in [0.25, 0.3) is 5.65 Å². The Morgan fingerprint density at radius 3 is 2.71 bits per heavy atom. The topological polar surface area (TPSA) is 96.3 Å². The minimum absolute atomic E-state index is 0.353. The summed E-state index contributed by atoms with van der Waals surface area (Å²) < 4.78 is 20.7. The van der Waals surface area contributed by atoms with Crippen molar-refractivity contribution in [1.29, 1.82) is 0 Å². The van der Waals surface area contributed by atoms with Crippen molar-refractivity contribution in [3.05, 3.63) is 58.9 Å². The fourth-order valence-electron chi connectivity index (χ4n) is 3.75. The number of morpholine rings is 1. The molecule has 0 aromatic carbocycles. The monoisotopic (exact) mass is 422 g/mol. The molecule has 1 saturated heterocycles. The second kappa shape index (κ2) is 7.95. The molecule has 0 bridgehead atoms. The zero-order valence-corrected chi connectivity index (χ0v) is 17.4. The summed E-state index contributed by atoms with van der Waals surface area (Å²) in [6.45, 7) is 6.78. The van der Waals surface area contributed by atoms with Gasteiger partial charge in [-0.3, -0.25) is 10.1 Å². The van der Waals surface area contributed by atoms with E-state index in [2.05, 4.69) is 25.4 Å². The molecular formula is C21H23FN8O. The molecule has 31 heavy (non-hydrogen) atoms. The summed E-state index contributed by atoms with van der Waals surface area (Å²) in [6.07, 6.45) is 1.74. The molecular weight excluding hydrogens is 399 g/mol. The van der Waals surface area contributed by atoms with Gasteiger partial charge in [-0.05, 0) is 26.0 Å². The fraction of sp³-hybridized carbons (Fsp3) is 0.333. The van der Waals surface area contributed by atoms with E-state index in [1.165, 1.54) is 12.3 Å². The normalized spacial score (nSPS) is 14.4. The van der Waals surface area contributed by atoms with E-state index in [-0.39, 0.29) is 5.82 Å². The molecule has 0 radical (unpaired) electrons. The fourth-order valence-corrected chi connectivity index (χ4v) is 3.75. The summed E-state index contributed by atoms with van der Waals surface area (Å²) >= 11 is 0. The highest BCUT2D eigenvalue weighted by Crippen LogP contribution is 2.27. The van der Waals surface area contributed by atoms with Gasteiger partial charge in [0.05, 0.1) is 25.1 Å². The number of halogens is 1. The zero-order chi connectivity index (χ0) is 21.4. The molecule has 0 aliphatic carbocycles. The maximum atomic E-state index is 13.3. The van der Waals surface area contributed by atoms with Gasteiger partial charge >= 0.3 is 0 Å². The van der Waals surface area contributed by atoms with Gasteiger partial charge in [-0.2, -0.15) is 14.7 Å². The first kappa shape index (κ1) is 19.4. The number of fused-ring (bicyclic) bond motifs is 1. The number of rotatable bonds is 5. The van der Waals surface area contributed by atoms with E-state index in [1.807, 2.05) is 30.5 Å². The summed E-state index contributed by atoms with van der Waals surface area (Å²) in [4.78, 5) is 11.3. The van der Waals surface area contributed by atoms with Crippen LogP contribution < -0.4 is 10.2 Å². The summed E-state index contributed by atoms with van der Waals surface area (Å²) in [7, 11) is 0. The first-order chi connectivity index (χ1) is 15.1. The van der Waals surface area contributed by atoms with Crippen molar-refractivity contribution in [2.75, 3.05) is 36.5 Å². The van der Waals surface area contributed by atoms with Crippen LogP contribution in [0.15, 0.2) is 30.5 Å². The van der Waals surface area contributed by atoms with Crippen molar-refractivity contribution in [2.45, 2.75) is 20.3 Å². The van der Waals surface area contributed by atoms with Gasteiger partial charge < -0.3 is 15.0 Å². The molecule has 1 aliphatic heterocycles. The second-order valence-electron chi connectivity index (χ2n) is 7.60. The molecule has 1 fully saturated rings. The van der Waals surface area contributed by atoms with Crippen molar-refractivity contribution in [3.63, 3.8) is 0 Å². The van der Waals surface area contributed by atoms with Gasteiger partial charge in [-0.25, -0.2) is 9.37 Å². The van der Waals surface area contributed by atoms with Crippen molar-refractivity contribution in [3.8, 4) is 0 Å². The summed E-state index contributed by atoms with van der Waals surface area (Å²) in [5.74, 6) is 1.95. The molecule has 9 nitrogen and oxygen atoms in total. The standard InChI is InChI=1S/C21H23FN8O/c1-13-9-19(27-26-13)24-18-11-20(29-5-7-31-8-6-29)30-21(25-18)17(14(2)28-30)10-16-4-3-15(22)12-23-16/h3-4,9,11-12H,5-8,10H2,1-2H3,(H2,24,25,26,27). The number of H-pyrrole nitrogens is 1. The maximum Gasteiger partial charge on any atom is 0.163 e. The number of aromatic amines is 1. The van der Waals surface area contributed by atoms with Crippen LogP contribution >= 0.6 is 0 Å². The number of hydrogen-bond acceptors (Lipinski definition) is 7. The van der Waals surface area contributed by atoms with E-state index >= 15 is 0 Å². The van der Waals surface area contributed by atoms with Crippen molar-refractivity contribution < 1.29 is 9.13 Å². The molecule has 0 amide bonds. The molecule has 0 atom stereocenters. The predicted molar refractivity (Wildman–Crippen MR) is 114 cm³/mol. The SMILES string of the molecule is Cc1cc(Nc2cc(N3CCOCC3)n3nc(C)c(Cc4ccc(F)cn4)c3n2)n[nH]1. The van der Waals surface area contributed by atoms with Gasteiger partial charge in [-0.1, -0.05) is 0 Å². The Labute approximate surface area is 178 Å². The number of ether oxygens (including phenoxy) is 1. The van der Waals surface area contributed by atoms with Crippen LogP contribution in [0.3, 0.4) is 0 Å². The Kier molecular flexibility index (Phi) is 4.99. The van der Waals surface area contributed by atoms with Crippen molar-refractivity contribution >= 4 is 23.1 Å². The molecule has 4 aromatic heterocycles. The lowest BCUT2D eigenvalue weighted by Gasteiger charge is -2.29. The molecule has 5 rings (SSSR count). The number of nitrogens with one attached hydrogen (secondary N) is 2. The van der Waals surface area contributed by atoms with Gasteiger partial charge in [0.2, 0.25) is 0 Å². The number of anilines is 3. The highest BCUT2D eigenvalue weighted by Gasteiger charge is 2.21. The highest BCUT2D eigenvalue weighted by molar-refractivity contribution is 5.66. The molecule has 2 N–H and O–H groups in total. The van der Waals surface area contributed by atoms with Crippen LogP contribution in [0.2, 0.25) is 0 Å². The van der Waals surface area contributed by atoms with Crippen molar-refractivity contribution in [2.24, 2.45) is 0 Å². The lowest BCUT2D eigenvalue weighted by Crippen LogP contribution is -2.37. The largest absolute Gasteiger partial charge is 0.378 e. The molecule has 160 valence electrons. The van der Waals surface area contributed by atoms with E-state index in [4.69, 9.17) is 14.8 Å². The van der Waals surface area contributed by atoms with Crippen LogP contribution in [0.4, 0.5) is 21.8 Å². The van der Waals surface area contributed by atoms with Crippen LogP contribution in [0.5, 0.6) is 0 Å². The van der Waals surface area contributed by atoms with Crippen LogP contribution in [-0.2, 0) is 11.2 Å². The van der Waals surface area contributed by atoms with E-state index in [0.717, 1.165) is 47.2 Å². The summed E-state index contributed by atoms with van der Waals surface area (Å²) in [6, 6.07) is 7.01. The Hall–Kier alpha value is -3.53. The molecule has 0 unspecified atom stereocenters. The minimum atomic E-state index is -0.353. The lowest BCUT2D eigenvalue weighted by molar-refractivity contribution is 0.122. The van der Waals surface area contributed by atoms with Gasteiger partial charge in [0.1, 0.15) is 17.5 Å². The molecule has 5 heterocycles. The average Bonchev–Trinajstić information content (AvgIpc) is 3.32. The van der Waals surface area contributed by atoms with Gasteiger partial charge in [-0.15, -0.1) is 0 Å². The minimum Gasteiger partial charge on any atom is -0.378 e. The Morgan fingerprint density at radius 1 is 1.16 bits per heavy atom. The third kappa shape index (κ3) is 3.93. The second-order valence-corrected chi connectivity index (χ2v) is 7.60. The molecule has 0 saturated carbocycles. The predicted octanol–water partition coefficient (Wildman–Crippen LogP) is 2.77. The quantitative estimate of drug-likeness (QED) is 0.511. The number of aryl methyl sites for hydroxylation is 2. The number of pyridine rings is 1. The number of aromatic nitrogens is 6. The maximum absolute atomic E-state index is 13.3. The van der Waals surface area contributed by atoms with E-state index < -0.39 is 0 Å². The first-order valence-electron chi connectivity index (χ1n) is 10.2. The van der Waals surface area contributed by atoms with E-state index in [1.54, 1.807) is 6.07 Å². The average molecular weight is 422 g/mol. The smallest absolute Gasteiger partial charge is 0.163 e. The summed E-state index contributed by atoms with van der Waals surface area (Å²) in [5, 5.41) is 15.3. The van der Waals surface area contributed by atoms with Crippen LogP contribution in [0, 0.1) is 19.7 Å². The third-order valence-electron chi connectivity index (χ3n) is 5.31. The Bertz CT molecular complexity index is 1210. The zero-order valence-electron chi connectivity index (χ0n) is 17.4.